The van der Waals surface area contributed by atoms with Crippen molar-refractivity contribution < 1.29 is 31.5 Å². The number of carbonyl (C=O) groups is 1. The van der Waals surface area contributed by atoms with Crippen molar-refractivity contribution in [2.75, 3.05) is 0 Å². The molecule has 0 amide bonds. The molecule has 0 aliphatic heterocycles. The Labute approximate surface area is 155 Å². The van der Waals surface area contributed by atoms with E-state index in [2.05, 4.69) is 5.10 Å². The maximum absolute atomic E-state index is 12.9. The first kappa shape index (κ1) is 19.3. The first-order valence-electron chi connectivity index (χ1n) is 7.88. The summed E-state index contributed by atoms with van der Waals surface area (Å²) < 4.78 is 61.5. The lowest BCUT2D eigenvalue weighted by Gasteiger charge is -2.09. The molecule has 146 valence electrons. The summed E-state index contributed by atoms with van der Waals surface area (Å²) in [5.74, 6) is -2.42. The molecule has 0 N–H and O–H groups in total. The Hall–Kier alpha value is -3.43. The van der Waals surface area contributed by atoms with Gasteiger partial charge in [0.2, 0.25) is 5.89 Å². The Morgan fingerprint density at radius 2 is 1.86 bits per heavy atom. The number of aromatic nitrogens is 2. The highest BCUT2D eigenvalue weighted by atomic mass is 19.4. The predicted octanol–water partition coefficient (Wildman–Crippen LogP) is 3.40. The van der Waals surface area contributed by atoms with Crippen LogP contribution in [0.15, 0.2) is 57.7 Å². The van der Waals surface area contributed by atoms with E-state index in [9.17, 15) is 27.2 Å². The van der Waals surface area contributed by atoms with Gasteiger partial charge in [0, 0.05) is 5.56 Å². The van der Waals surface area contributed by atoms with Crippen molar-refractivity contribution in [2.45, 2.75) is 19.3 Å². The SMILES string of the molecule is O=C(Cn1nc(-c2ccc(F)cc2)oc1=O)OCc1cccc(C(F)(F)F)c1. The fourth-order valence-electron chi connectivity index (χ4n) is 2.28. The Kier molecular flexibility index (Phi) is 5.30. The topological polar surface area (TPSA) is 74.3 Å². The molecular formula is C18H12F4N2O4. The van der Waals surface area contributed by atoms with Crippen LogP contribution in [0.3, 0.4) is 0 Å². The van der Waals surface area contributed by atoms with Gasteiger partial charge in [0.05, 0.1) is 5.56 Å². The van der Waals surface area contributed by atoms with Gasteiger partial charge in [-0.1, -0.05) is 12.1 Å². The molecule has 3 aromatic rings. The van der Waals surface area contributed by atoms with Crippen LogP contribution in [0.1, 0.15) is 11.1 Å². The lowest BCUT2D eigenvalue weighted by Crippen LogP contribution is -2.23. The average molecular weight is 396 g/mol. The maximum Gasteiger partial charge on any atom is 0.437 e. The molecule has 3 rings (SSSR count). The summed E-state index contributed by atoms with van der Waals surface area (Å²) in [6.45, 7) is -0.997. The van der Waals surface area contributed by atoms with Crippen molar-refractivity contribution in [1.29, 1.82) is 0 Å². The van der Waals surface area contributed by atoms with E-state index in [-0.39, 0.29) is 11.5 Å². The molecule has 1 heterocycles. The molecule has 0 aliphatic rings. The molecule has 28 heavy (non-hydrogen) atoms. The van der Waals surface area contributed by atoms with Gasteiger partial charge in [-0.25, -0.2) is 9.18 Å². The fraction of sp³-hybridized carbons (Fsp3) is 0.167. The largest absolute Gasteiger partial charge is 0.459 e. The van der Waals surface area contributed by atoms with Crippen LogP contribution in [-0.4, -0.2) is 15.7 Å². The number of rotatable bonds is 5. The second-order valence-corrected chi connectivity index (χ2v) is 5.70. The van der Waals surface area contributed by atoms with Crippen LogP contribution in [0.25, 0.3) is 11.5 Å². The molecule has 0 saturated heterocycles. The first-order chi connectivity index (χ1) is 13.2. The average Bonchev–Trinajstić information content (AvgIpc) is 3.00. The van der Waals surface area contributed by atoms with Gasteiger partial charge in [-0.2, -0.15) is 17.9 Å². The maximum atomic E-state index is 12.9. The van der Waals surface area contributed by atoms with E-state index in [4.69, 9.17) is 9.15 Å². The van der Waals surface area contributed by atoms with Gasteiger partial charge in [0.1, 0.15) is 19.0 Å². The van der Waals surface area contributed by atoms with E-state index >= 15 is 0 Å². The third kappa shape index (κ3) is 4.64. The number of halogens is 4. The summed E-state index contributed by atoms with van der Waals surface area (Å²) >= 11 is 0. The van der Waals surface area contributed by atoms with Gasteiger partial charge in [-0.15, -0.1) is 5.10 Å². The van der Waals surface area contributed by atoms with Gasteiger partial charge < -0.3 is 9.15 Å². The van der Waals surface area contributed by atoms with Crippen molar-refractivity contribution in [2.24, 2.45) is 0 Å². The summed E-state index contributed by atoms with van der Waals surface area (Å²) in [5, 5.41) is 3.82. The molecule has 0 atom stereocenters. The molecule has 0 bridgehead atoms. The van der Waals surface area contributed by atoms with E-state index in [0.29, 0.717) is 10.2 Å². The summed E-state index contributed by atoms with van der Waals surface area (Å²) in [5.41, 5.74) is -0.394. The summed E-state index contributed by atoms with van der Waals surface area (Å²) in [4.78, 5) is 23.6. The quantitative estimate of drug-likeness (QED) is 0.488. The zero-order valence-corrected chi connectivity index (χ0v) is 14.1. The zero-order valence-electron chi connectivity index (χ0n) is 14.1. The molecule has 0 saturated carbocycles. The van der Waals surface area contributed by atoms with Crippen molar-refractivity contribution in [3.8, 4) is 11.5 Å². The minimum absolute atomic E-state index is 0.115. The van der Waals surface area contributed by atoms with Crippen LogP contribution in [-0.2, 0) is 28.9 Å². The normalized spacial score (nSPS) is 11.4. The molecular weight excluding hydrogens is 384 g/mol. The van der Waals surface area contributed by atoms with Crippen molar-refractivity contribution >= 4 is 5.97 Å². The van der Waals surface area contributed by atoms with Crippen molar-refractivity contribution in [3.63, 3.8) is 0 Å². The van der Waals surface area contributed by atoms with Gasteiger partial charge in [0.15, 0.2) is 0 Å². The molecule has 0 aliphatic carbocycles. The molecule has 0 spiro atoms. The number of hydrogen-bond donors (Lipinski definition) is 0. The third-order valence-corrected chi connectivity index (χ3v) is 3.63. The monoisotopic (exact) mass is 396 g/mol. The van der Waals surface area contributed by atoms with Crippen LogP contribution < -0.4 is 5.76 Å². The zero-order chi connectivity index (χ0) is 20.3. The summed E-state index contributed by atoms with van der Waals surface area (Å²) in [7, 11) is 0. The Morgan fingerprint density at radius 1 is 1.14 bits per heavy atom. The van der Waals surface area contributed by atoms with Gasteiger partial charge in [-0.3, -0.25) is 4.79 Å². The van der Waals surface area contributed by atoms with Crippen LogP contribution >= 0.6 is 0 Å². The van der Waals surface area contributed by atoms with E-state index in [0.717, 1.165) is 24.3 Å². The molecule has 10 heteroatoms. The Bertz CT molecular complexity index is 1040. The van der Waals surface area contributed by atoms with Gasteiger partial charge in [-0.05, 0) is 42.0 Å². The van der Waals surface area contributed by atoms with Crippen LogP contribution in [0.5, 0.6) is 0 Å². The van der Waals surface area contributed by atoms with E-state index in [1.165, 1.54) is 24.3 Å². The van der Waals surface area contributed by atoms with Crippen molar-refractivity contribution in [1.82, 2.24) is 9.78 Å². The minimum atomic E-state index is -4.51. The molecule has 0 fully saturated rings. The number of nitrogens with zero attached hydrogens (tertiary/aromatic N) is 2. The van der Waals surface area contributed by atoms with Crippen LogP contribution in [0.4, 0.5) is 17.6 Å². The lowest BCUT2D eigenvalue weighted by molar-refractivity contribution is -0.146. The summed E-state index contributed by atoms with van der Waals surface area (Å²) in [6.07, 6.45) is -4.51. The van der Waals surface area contributed by atoms with E-state index < -0.39 is 42.4 Å². The minimum Gasteiger partial charge on any atom is -0.459 e. The van der Waals surface area contributed by atoms with Crippen molar-refractivity contribution in [3.05, 3.63) is 76.0 Å². The number of carbonyl (C=O) groups excluding carboxylic acids is 1. The smallest absolute Gasteiger partial charge is 0.437 e. The number of ether oxygens (including phenoxy) is 1. The first-order valence-corrected chi connectivity index (χ1v) is 7.88. The number of alkyl halides is 3. The van der Waals surface area contributed by atoms with Crippen LogP contribution in [0.2, 0.25) is 0 Å². The molecule has 1 aromatic heterocycles. The van der Waals surface area contributed by atoms with Gasteiger partial charge in [0.25, 0.3) is 0 Å². The summed E-state index contributed by atoms with van der Waals surface area (Å²) in [6, 6.07) is 9.32. The van der Waals surface area contributed by atoms with E-state index in [1.807, 2.05) is 0 Å². The van der Waals surface area contributed by atoms with Gasteiger partial charge >= 0.3 is 17.9 Å². The molecule has 0 radical (unpaired) electrons. The number of hydrogen-bond acceptors (Lipinski definition) is 5. The number of benzene rings is 2. The van der Waals surface area contributed by atoms with E-state index in [1.54, 1.807) is 0 Å². The standard InChI is InChI=1S/C18H12F4N2O4/c19-14-6-4-12(5-7-14)16-23-24(17(26)28-16)9-15(25)27-10-11-2-1-3-13(8-11)18(20,21)22/h1-8H,9-10H2. The highest BCUT2D eigenvalue weighted by molar-refractivity contribution is 5.69. The second-order valence-electron chi connectivity index (χ2n) is 5.70. The highest BCUT2D eigenvalue weighted by Gasteiger charge is 2.30. The Morgan fingerprint density at radius 3 is 2.54 bits per heavy atom. The second kappa shape index (κ2) is 7.67. The molecule has 6 nitrogen and oxygen atoms in total. The Balaban J connectivity index is 1.64. The molecule has 0 unspecified atom stereocenters. The third-order valence-electron chi connectivity index (χ3n) is 3.63. The lowest BCUT2D eigenvalue weighted by atomic mass is 10.1. The number of esters is 1. The highest BCUT2D eigenvalue weighted by Crippen LogP contribution is 2.29. The molecule has 2 aromatic carbocycles. The predicted molar refractivity (Wildman–Crippen MR) is 87.4 cm³/mol. The fourth-order valence-corrected chi connectivity index (χ4v) is 2.28. The van der Waals surface area contributed by atoms with Crippen LogP contribution in [0, 0.1) is 5.82 Å².